The zero-order chi connectivity index (χ0) is 17.7. The van der Waals surface area contributed by atoms with Crippen LogP contribution in [0.15, 0.2) is 47.4 Å². The van der Waals surface area contributed by atoms with Crippen molar-refractivity contribution in [2.24, 2.45) is 0 Å². The number of rotatable bonds is 2. The van der Waals surface area contributed by atoms with E-state index in [1.54, 1.807) is 30.3 Å². The summed E-state index contributed by atoms with van der Waals surface area (Å²) >= 11 is 0. The third-order valence-corrected chi connectivity index (χ3v) is 5.10. The van der Waals surface area contributed by atoms with Crippen LogP contribution in [0, 0.1) is 0 Å². The molecule has 1 aliphatic heterocycles. The molecule has 0 N–H and O–H groups in total. The van der Waals surface area contributed by atoms with Crippen LogP contribution >= 0.6 is 0 Å². The molecule has 0 atom stereocenters. The number of hydrogen-bond acceptors (Lipinski definition) is 5. The summed E-state index contributed by atoms with van der Waals surface area (Å²) in [6.45, 7) is 3.07. The molecule has 6 heteroatoms. The molecule has 124 valence electrons. The molecule has 1 heterocycles. The van der Waals surface area contributed by atoms with Gasteiger partial charge >= 0.3 is 0 Å². The van der Waals surface area contributed by atoms with Gasteiger partial charge in [-0.25, -0.2) is 8.42 Å². The summed E-state index contributed by atoms with van der Waals surface area (Å²) in [6, 6.07) is 11.3. The third kappa shape index (κ3) is 2.63. The zero-order valence-electron chi connectivity index (χ0n) is 13.5. The largest absolute Gasteiger partial charge is 0.479 e. The minimum absolute atomic E-state index is 0.194. The van der Waals surface area contributed by atoms with Gasteiger partial charge in [0, 0.05) is 11.8 Å². The molecule has 1 aliphatic rings. The Bertz CT molecular complexity index is 971. The summed E-state index contributed by atoms with van der Waals surface area (Å²) < 4.78 is 29.6. The molecule has 0 aromatic heterocycles. The van der Waals surface area contributed by atoms with Gasteiger partial charge in [-0.15, -0.1) is 0 Å². The number of carbonyl (C=O) groups is 2. The molecule has 0 radical (unpaired) electrons. The summed E-state index contributed by atoms with van der Waals surface area (Å²) in [7, 11) is -3.41. The number of sulfone groups is 1. The first-order chi connectivity index (χ1) is 11.1. The van der Waals surface area contributed by atoms with Crippen molar-refractivity contribution in [3.05, 3.63) is 48.0 Å². The van der Waals surface area contributed by atoms with Crippen molar-refractivity contribution in [3.8, 4) is 16.9 Å². The smallest absolute Gasteiger partial charge is 0.246 e. The fourth-order valence-electron chi connectivity index (χ4n) is 2.71. The van der Waals surface area contributed by atoms with Gasteiger partial charge in [0.25, 0.3) is 0 Å². The van der Waals surface area contributed by atoms with Crippen LogP contribution in [0.5, 0.6) is 5.75 Å². The molecule has 0 unspecified atom stereocenters. The first-order valence-electron chi connectivity index (χ1n) is 7.33. The number of Topliss-reactive ketones (excluding diaryl/α,β-unsaturated/α-hetero) is 2. The number of ketones is 2. The predicted octanol–water partition coefficient (Wildman–Crippen LogP) is 2.68. The molecule has 0 saturated carbocycles. The highest BCUT2D eigenvalue weighted by atomic mass is 32.2. The average molecular weight is 344 g/mol. The zero-order valence-corrected chi connectivity index (χ0v) is 14.3. The van der Waals surface area contributed by atoms with E-state index in [4.69, 9.17) is 4.74 Å². The van der Waals surface area contributed by atoms with Crippen LogP contribution in [0.3, 0.4) is 0 Å². The molecular weight excluding hydrogens is 328 g/mol. The van der Waals surface area contributed by atoms with E-state index < -0.39 is 27.0 Å². The summed E-state index contributed by atoms with van der Waals surface area (Å²) in [6.07, 6.45) is 1.14. The number of ether oxygens (including phenoxy) is 1. The van der Waals surface area contributed by atoms with E-state index in [-0.39, 0.29) is 16.2 Å². The van der Waals surface area contributed by atoms with Gasteiger partial charge in [0.05, 0.1) is 10.5 Å². The van der Waals surface area contributed by atoms with Crippen LogP contribution in [0.2, 0.25) is 0 Å². The molecule has 2 aromatic rings. The lowest BCUT2D eigenvalue weighted by Gasteiger charge is -2.30. The van der Waals surface area contributed by atoms with E-state index in [2.05, 4.69) is 0 Å². The molecule has 0 bridgehead atoms. The molecule has 0 amide bonds. The van der Waals surface area contributed by atoms with Crippen molar-refractivity contribution in [1.82, 2.24) is 0 Å². The maximum atomic E-state index is 12.2. The summed E-state index contributed by atoms with van der Waals surface area (Å²) in [5, 5.41) is 0. The van der Waals surface area contributed by atoms with E-state index in [1.807, 2.05) is 0 Å². The maximum Gasteiger partial charge on any atom is 0.246 e. The van der Waals surface area contributed by atoms with Crippen LogP contribution in [-0.4, -0.2) is 31.8 Å². The Morgan fingerprint density at radius 1 is 0.958 bits per heavy atom. The Kier molecular flexibility index (Phi) is 3.60. The van der Waals surface area contributed by atoms with Gasteiger partial charge in [0.15, 0.2) is 15.4 Å². The lowest BCUT2D eigenvalue weighted by atomic mass is 9.90. The first-order valence-corrected chi connectivity index (χ1v) is 9.22. The summed E-state index contributed by atoms with van der Waals surface area (Å²) in [5.74, 6) is -0.908. The van der Waals surface area contributed by atoms with E-state index in [1.165, 1.54) is 26.0 Å². The molecule has 0 fully saturated rings. The second-order valence-electron chi connectivity index (χ2n) is 6.25. The van der Waals surface area contributed by atoms with Crippen LogP contribution in [0.1, 0.15) is 24.2 Å². The second-order valence-corrected chi connectivity index (χ2v) is 8.23. The number of carbonyl (C=O) groups excluding carboxylic acids is 2. The van der Waals surface area contributed by atoms with Gasteiger partial charge in [0.1, 0.15) is 5.75 Å². The first kappa shape index (κ1) is 16.4. The van der Waals surface area contributed by atoms with Crippen LogP contribution in [-0.2, 0) is 14.6 Å². The van der Waals surface area contributed by atoms with Crippen LogP contribution in [0.4, 0.5) is 0 Å². The Morgan fingerprint density at radius 2 is 1.62 bits per heavy atom. The van der Waals surface area contributed by atoms with Gasteiger partial charge in [0.2, 0.25) is 11.6 Å². The highest BCUT2D eigenvalue weighted by Crippen LogP contribution is 2.36. The molecule has 2 aromatic carbocycles. The minimum atomic E-state index is -3.41. The van der Waals surface area contributed by atoms with Crippen molar-refractivity contribution in [2.75, 3.05) is 6.26 Å². The van der Waals surface area contributed by atoms with Gasteiger partial charge in [-0.1, -0.05) is 24.3 Å². The minimum Gasteiger partial charge on any atom is -0.479 e. The average Bonchev–Trinajstić information content (AvgIpc) is 2.51. The predicted molar refractivity (Wildman–Crippen MR) is 89.0 cm³/mol. The second kappa shape index (κ2) is 5.27. The number of hydrogen-bond donors (Lipinski definition) is 0. The molecule has 5 nitrogen and oxygen atoms in total. The Labute approximate surface area is 140 Å². The molecule has 3 rings (SSSR count). The van der Waals surface area contributed by atoms with E-state index in [0.29, 0.717) is 11.1 Å². The van der Waals surface area contributed by atoms with E-state index in [0.717, 1.165) is 6.26 Å². The van der Waals surface area contributed by atoms with Gasteiger partial charge in [-0.05, 0) is 37.6 Å². The lowest BCUT2D eigenvalue weighted by molar-refractivity contribution is -0.128. The summed E-state index contributed by atoms with van der Waals surface area (Å²) in [4.78, 5) is 24.4. The highest BCUT2D eigenvalue weighted by molar-refractivity contribution is 7.90. The highest BCUT2D eigenvalue weighted by Gasteiger charge is 2.41. The van der Waals surface area contributed by atoms with Crippen molar-refractivity contribution in [1.29, 1.82) is 0 Å². The fourth-order valence-corrected chi connectivity index (χ4v) is 3.62. The standard InChI is InChI=1S/C18H16O5S/c1-18(2)17(20)16(19)13-9-8-11(10-14(13)23-18)12-6-4-5-7-15(12)24(3,21)22/h4-10H,1-3H3. The quantitative estimate of drug-likeness (QED) is 0.783. The molecule has 24 heavy (non-hydrogen) atoms. The normalized spacial score (nSPS) is 16.5. The SMILES string of the molecule is CC1(C)Oc2cc(-c3ccccc3S(C)(=O)=O)ccc2C(=O)C1=O. The van der Waals surface area contributed by atoms with Gasteiger partial charge < -0.3 is 4.74 Å². The van der Waals surface area contributed by atoms with Crippen LogP contribution < -0.4 is 4.74 Å². The van der Waals surface area contributed by atoms with Gasteiger partial charge in [-0.3, -0.25) is 9.59 Å². The van der Waals surface area contributed by atoms with Crippen molar-refractivity contribution < 1.29 is 22.7 Å². The Hall–Kier alpha value is -2.47. The number of fused-ring (bicyclic) bond motifs is 1. The molecule has 0 aliphatic carbocycles. The van der Waals surface area contributed by atoms with Crippen molar-refractivity contribution >= 4 is 21.4 Å². The van der Waals surface area contributed by atoms with Gasteiger partial charge in [-0.2, -0.15) is 0 Å². The monoisotopic (exact) mass is 344 g/mol. The van der Waals surface area contributed by atoms with Crippen molar-refractivity contribution in [2.45, 2.75) is 24.3 Å². The van der Waals surface area contributed by atoms with E-state index >= 15 is 0 Å². The Morgan fingerprint density at radius 3 is 2.29 bits per heavy atom. The topological polar surface area (TPSA) is 77.5 Å². The molecular formula is C18H16O5S. The maximum absolute atomic E-state index is 12.2. The number of benzene rings is 2. The van der Waals surface area contributed by atoms with E-state index in [9.17, 15) is 18.0 Å². The summed E-state index contributed by atoms with van der Waals surface area (Å²) in [5.41, 5.74) is 0.0835. The lowest BCUT2D eigenvalue weighted by Crippen LogP contribution is -2.46. The Balaban J connectivity index is 2.19. The van der Waals surface area contributed by atoms with Crippen LogP contribution in [0.25, 0.3) is 11.1 Å². The van der Waals surface area contributed by atoms with Crippen molar-refractivity contribution in [3.63, 3.8) is 0 Å². The third-order valence-electron chi connectivity index (χ3n) is 3.94. The molecule has 0 saturated heterocycles. The molecule has 0 spiro atoms. The fraction of sp³-hybridized carbons (Fsp3) is 0.222.